The second-order valence-electron chi connectivity index (χ2n) is 5.47. The van der Waals surface area contributed by atoms with Gasteiger partial charge < -0.3 is 10.5 Å². The lowest BCUT2D eigenvalue weighted by molar-refractivity contribution is 0.169. The third-order valence-corrected chi connectivity index (χ3v) is 3.46. The Balaban J connectivity index is 1.87. The molecule has 0 bridgehead atoms. The van der Waals surface area contributed by atoms with Gasteiger partial charge in [0.1, 0.15) is 12.4 Å². The highest BCUT2D eigenvalue weighted by molar-refractivity contribution is 5.40. The Labute approximate surface area is 127 Å². The van der Waals surface area contributed by atoms with E-state index in [2.05, 4.69) is 24.8 Å². The lowest BCUT2D eigenvalue weighted by Crippen LogP contribution is -2.34. The molecule has 0 saturated heterocycles. The predicted octanol–water partition coefficient (Wildman–Crippen LogP) is 3.56. The Kier molecular flexibility index (Phi) is 5.64. The fourth-order valence-corrected chi connectivity index (χ4v) is 2.24. The topological polar surface area (TPSA) is 38.5 Å². The molecule has 3 heteroatoms. The second-order valence-corrected chi connectivity index (χ2v) is 5.47. The first kappa shape index (κ1) is 15.4. The van der Waals surface area contributed by atoms with Gasteiger partial charge in [0.2, 0.25) is 0 Å². The first-order valence-corrected chi connectivity index (χ1v) is 7.41. The van der Waals surface area contributed by atoms with E-state index in [4.69, 9.17) is 10.5 Å². The van der Waals surface area contributed by atoms with Gasteiger partial charge in [-0.05, 0) is 43.7 Å². The molecule has 0 heterocycles. The molecule has 2 rings (SSSR count). The van der Waals surface area contributed by atoms with Crippen LogP contribution in [-0.4, -0.2) is 24.1 Å². The maximum Gasteiger partial charge on any atom is 0.119 e. The SMILES string of the molecule is CC(C)N(CCOc1ccccc1)Cc1cccc(N)c1. The van der Waals surface area contributed by atoms with Crippen molar-refractivity contribution in [1.29, 1.82) is 0 Å². The summed E-state index contributed by atoms with van der Waals surface area (Å²) < 4.78 is 5.78. The van der Waals surface area contributed by atoms with Crippen LogP contribution in [0, 0.1) is 0 Å². The number of para-hydroxylation sites is 1. The Morgan fingerprint density at radius 2 is 1.81 bits per heavy atom. The zero-order chi connectivity index (χ0) is 15.1. The molecule has 0 atom stereocenters. The van der Waals surface area contributed by atoms with Crippen molar-refractivity contribution in [2.24, 2.45) is 0 Å². The summed E-state index contributed by atoms with van der Waals surface area (Å²) in [5.74, 6) is 0.921. The van der Waals surface area contributed by atoms with E-state index in [9.17, 15) is 0 Å². The van der Waals surface area contributed by atoms with E-state index in [0.717, 1.165) is 24.5 Å². The highest BCUT2D eigenvalue weighted by atomic mass is 16.5. The third kappa shape index (κ3) is 5.12. The average molecular weight is 284 g/mol. The quantitative estimate of drug-likeness (QED) is 0.790. The predicted molar refractivity (Wildman–Crippen MR) is 88.3 cm³/mol. The van der Waals surface area contributed by atoms with E-state index in [1.54, 1.807) is 0 Å². The van der Waals surface area contributed by atoms with Gasteiger partial charge in [0.05, 0.1) is 0 Å². The molecule has 21 heavy (non-hydrogen) atoms. The minimum atomic E-state index is 0.464. The van der Waals surface area contributed by atoms with Crippen LogP contribution in [0.4, 0.5) is 5.69 Å². The van der Waals surface area contributed by atoms with Crippen molar-refractivity contribution < 1.29 is 4.74 Å². The lowest BCUT2D eigenvalue weighted by Gasteiger charge is -2.26. The van der Waals surface area contributed by atoms with Crippen LogP contribution in [-0.2, 0) is 6.54 Å². The monoisotopic (exact) mass is 284 g/mol. The van der Waals surface area contributed by atoms with E-state index in [1.165, 1.54) is 5.56 Å². The molecule has 0 fully saturated rings. The van der Waals surface area contributed by atoms with Gasteiger partial charge in [-0.15, -0.1) is 0 Å². The molecule has 0 aliphatic rings. The Morgan fingerprint density at radius 1 is 1.05 bits per heavy atom. The van der Waals surface area contributed by atoms with Crippen molar-refractivity contribution in [3.05, 3.63) is 60.2 Å². The first-order chi connectivity index (χ1) is 10.1. The van der Waals surface area contributed by atoms with Crippen LogP contribution in [0.1, 0.15) is 19.4 Å². The third-order valence-electron chi connectivity index (χ3n) is 3.46. The van der Waals surface area contributed by atoms with Crippen LogP contribution < -0.4 is 10.5 Å². The fourth-order valence-electron chi connectivity index (χ4n) is 2.24. The zero-order valence-electron chi connectivity index (χ0n) is 12.8. The van der Waals surface area contributed by atoms with Gasteiger partial charge >= 0.3 is 0 Å². The molecule has 112 valence electrons. The fraction of sp³-hybridized carbons (Fsp3) is 0.333. The molecular weight excluding hydrogens is 260 g/mol. The summed E-state index contributed by atoms with van der Waals surface area (Å²) in [6.45, 7) is 6.87. The molecule has 0 radical (unpaired) electrons. The Hall–Kier alpha value is -2.00. The zero-order valence-corrected chi connectivity index (χ0v) is 12.8. The summed E-state index contributed by atoms with van der Waals surface area (Å²) in [6, 6.07) is 18.5. The number of ether oxygens (including phenoxy) is 1. The molecule has 0 aliphatic heterocycles. The summed E-state index contributed by atoms with van der Waals surface area (Å²) in [7, 11) is 0. The van der Waals surface area contributed by atoms with Gasteiger partial charge in [0.25, 0.3) is 0 Å². The minimum Gasteiger partial charge on any atom is -0.492 e. The molecule has 0 unspecified atom stereocenters. The smallest absolute Gasteiger partial charge is 0.119 e. The standard InChI is InChI=1S/C18H24N2O/c1-15(2)20(14-16-7-6-8-17(19)13-16)11-12-21-18-9-4-3-5-10-18/h3-10,13,15H,11-12,14,19H2,1-2H3. The summed E-state index contributed by atoms with van der Waals surface area (Å²) >= 11 is 0. The highest BCUT2D eigenvalue weighted by Crippen LogP contribution is 2.13. The number of nitrogen functional groups attached to an aromatic ring is 1. The van der Waals surface area contributed by atoms with Crippen LogP contribution in [0.25, 0.3) is 0 Å². The Bertz CT molecular complexity index is 540. The van der Waals surface area contributed by atoms with Crippen LogP contribution in [0.2, 0.25) is 0 Å². The van der Waals surface area contributed by atoms with E-state index >= 15 is 0 Å². The summed E-state index contributed by atoms with van der Waals surface area (Å²) in [6.07, 6.45) is 0. The van der Waals surface area contributed by atoms with Crippen molar-refractivity contribution in [2.45, 2.75) is 26.4 Å². The number of nitrogens with two attached hydrogens (primary N) is 1. The normalized spacial score (nSPS) is 11.0. The number of benzene rings is 2. The first-order valence-electron chi connectivity index (χ1n) is 7.41. The number of rotatable bonds is 7. The Morgan fingerprint density at radius 3 is 2.48 bits per heavy atom. The number of nitrogens with zero attached hydrogens (tertiary/aromatic N) is 1. The van der Waals surface area contributed by atoms with Gasteiger partial charge in [-0.3, -0.25) is 4.90 Å². The van der Waals surface area contributed by atoms with E-state index < -0.39 is 0 Å². The molecule has 2 N–H and O–H groups in total. The summed E-state index contributed by atoms with van der Waals surface area (Å²) in [5, 5.41) is 0. The van der Waals surface area contributed by atoms with Gasteiger partial charge in [0, 0.05) is 24.8 Å². The lowest BCUT2D eigenvalue weighted by atomic mass is 10.1. The van der Waals surface area contributed by atoms with Crippen molar-refractivity contribution in [3.8, 4) is 5.75 Å². The number of hydrogen-bond donors (Lipinski definition) is 1. The summed E-state index contributed by atoms with van der Waals surface area (Å²) in [5.41, 5.74) is 7.90. The maximum atomic E-state index is 5.84. The number of hydrogen-bond acceptors (Lipinski definition) is 3. The van der Waals surface area contributed by atoms with Crippen LogP contribution in [0.3, 0.4) is 0 Å². The summed E-state index contributed by atoms with van der Waals surface area (Å²) in [4.78, 5) is 2.39. The van der Waals surface area contributed by atoms with Crippen LogP contribution in [0.5, 0.6) is 5.75 Å². The van der Waals surface area contributed by atoms with E-state index in [0.29, 0.717) is 12.6 Å². The molecule has 0 aliphatic carbocycles. The molecular formula is C18H24N2O. The van der Waals surface area contributed by atoms with Gasteiger partial charge in [0.15, 0.2) is 0 Å². The molecule has 0 amide bonds. The largest absolute Gasteiger partial charge is 0.492 e. The van der Waals surface area contributed by atoms with Gasteiger partial charge in [-0.2, -0.15) is 0 Å². The van der Waals surface area contributed by atoms with E-state index in [1.807, 2.05) is 48.5 Å². The molecule has 0 aromatic heterocycles. The van der Waals surface area contributed by atoms with Crippen molar-refractivity contribution in [3.63, 3.8) is 0 Å². The maximum absolute atomic E-state index is 5.84. The van der Waals surface area contributed by atoms with Crippen molar-refractivity contribution in [2.75, 3.05) is 18.9 Å². The van der Waals surface area contributed by atoms with Crippen LogP contribution in [0.15, 0.2) is 54.6 Å². The highest BCUT2D eigenvalue weighted by Gasteiger charge is 2.10. The van der Waals surface area contributed by atoms with E-state index in [-0.39, 0.29) is 0 Å². The van der Waals surface area contributed by atoms with Crippen LogP contribution >= 0.6 is 0 Å². The molecule has 0 spiro atoms. The molecule has 0 saturated carbocycles. The molecule has 3 nitrogen and oxygen atoms in total. The van der Waals surface area contributed by atoms with Crippen molar-refractivity contribution >= 4 is 5.69 Å². The minimum absolute atomic E-state index is 0.464. The van der Waals surface area contributed by atoms with Crippen molar-refractivity contribution in [1.82, 2.24) is 4.90 Å². The average Bonchev–Trinajstić information content (AvgIpc) is 2.47. The number of anilines is 1. The van der Waals surface area contributed by atoms with Gasteiger partial charge in [-0.25, -0.2) is 0 Å². The second kappa shape index (κ2) is 7.70. The molecule has 2 aromatic carbocycles. The van der Waals surface area contributed by atoms with Gasteiger partial charge in [-0.1, -0.05) is 30.3 Å². The molecule has 2 aromatic rings.